The quantitative estimate of drug-likeness (QED) is 0.446. The molecule has 10 heteroatoms. The molecule has 0 atom stereocenters. The van der Waals surface area contributed by atoms with Gasteiger partial charge < -0.3 is 5.32 Å². The Kier molecular flexibility index (Phi) is 9.58. The summed E-state index contributed by atoms with van der Waals surface area (Å²) in [5.74, 6) is 1.33. The second-order valence-corrected chi connectivity index (χ2v) is 12.0. The van der Waals surface area contributed by atoms with Gasteiger partial charge in [0, 0.05) is 52.1 Å². The van der Waals surface area contributed by atoms with Crippen molar-refractivity contribution >= 4 is 62.5 Å². The third-order valence-electron chi connectivity index (χ3n) is 5.30. The molecule has 3 rings (SSSR count). The van der Waals surface area contributed by atoms with Gasteiger partial charge in [0.1, 0.15) is 0 Å². The molecule has 0 unspecified atom stereocenters. The van der Waals surface area contributed by atoms with E-state index < -0.39 is 10.0 Å². The smallest absolute Gasteiger partial charge is 0.223 e. The summed E-state index contributed by atoms with van der Waals surface area (Å²) in [6.07, 6.45) is 1.02. The van der Waals surface area contributed by atoms with Crippen molar-refractivity contribution in [3.8, 4) is 0 Å². The van der Waals surface area contributed by atoms with Crippen LogP contribution in [0.25, 0.3) is 0 Å². The van der Waals surface area contributed by atoms with E-state index in [0.29, 0.717) is 48.1 Å². The highest BCUT2D eigenvalue weighted by atomic mass is 35.5. The number of thioether (sulfide) groups is 1. The zero-order valence-electron chi connectivity index (χ0n) is 17.4. The van der Waals surface area contributed by atoms with Gasteiger partial charge in [0.25, 0.3) is 0 Å². The predicted octanol–water partition coefficient (Wildman–Crippen LogP) is 5.24. The zero-order valence-corrected chi connectivity index (χ0v) is 21.3. The summed E-state index contributed by atoms with van der Waals surface area (Å²) in [4.78, 5) is 12.5. The maximum atomic E-state index is 12.8. The average molecular weight is 536 g/mol. The molecule has 0 bridgehead atoms. The molecule has 32 heavy (non-hydrogen) atoms. The van der Waals surface area contributed by atoms with E-state index >= 15 is 0 Å². The topological polar surface area (TPSA) is 66.5 Å². The molecule has 174 valence electrons. The highest BCUT2D eigenvalue weighted by Gasteiger charge is 2.31. The van der Waals surface area contributed by atoms with Crippen LogP contribution in [0.4, 0.5) is 0 Å². The average Bonchev–Trinajstić information content (AvgIpc) is 2.77. The Morgan fingerprint density at radius 2 is 1.69 bits per heavy atom. The van der Waals surface area contributed by atoms with Crippen molar-refractivity contribution in [2.45, 2.75) is 24.3 Å². The maximum absolute atomic E-state index is 12.8. The Hall–Kier alpha value is -0.960. The first kappa shape index (κ1) is 25.7. The monoisotopic (exact) mass is 534 g/mol. The van der Waals surface area contributed by atoms with Crippen LogP contribution in [0.5, 0.6) is 0 Å². The van der Waals surface area contributed by atoms with E-state index in [9.17, 15) is 13.2 Å². The molecule has 1 heterocycles. The van der Waals surface area contributed by atoms with Gasteiger partial charge in [-0.2, -0.15) is 11.8 Å². The number of carbonyl (C=O) groups is 1. The first-order valence-corrected chi connectivity index (χ1v) is 14.2. The van der Waals surface area contributed by atoms with Crippen molar-refractivity contribution in [2.24, 2.45) is 5.92 Å². The molecule has 1 fully saturated rings. The number of piperidine rings is 1. The van der Waals surface area contributed by atoms with Crippen molar-refractivity contribution in [2.75, 3.05) is 25.4 Å². The number of hydrogen-bond acceptors (Lipinski definition) is 4. The molecule has 2 aromatic carbocycles. The van der Waals surface area contributed by atoms with Crippen LogP contribution >= 0.6 is 46.6 Å². The molecule has 1 aliphatic rings. The number of carbonyl (C=O) groups excluding carboxylic acids is 1. The highest BCUT2D eigenvalue weighted by Crippen LogP contribution is 2.26. The Morgan fingerprint density at radius 1 is 1.03 bits per heavy atom. The Labute approximate surface area is 208 Å². The van der Waals surface area contributed by atoms with Crippen molar-refractivity contribution in [3.05, 3.63) is 68.7 Å². The first-order chi connectivity index (χ1) is 15.2. The molecule has 1 N–H and O–H groups in total. The number of amides is 1. The molecule has 1 saturated heterocycles. The van der Waals surface area contributed by atoms with E-state index in [0.717, 1.165) is 16.5 Å². The van der Waals surface area contributed by atoms with Crippen LogP contribution in [0, 0.1) is 5.92 Å². The molecule has 1 amide bonds. The minimum absolute atomic E-state index is 0.00473. The van der Waals surface area contributed by atoms with Crippen LogP contribution in [-0.4, -0.2) is 44.0 Å². The molecule has 1 aliphatic heterocycles. The van der Waals surface area contributed by atoms with E-state index in [2.05, 4.69) is 5.32 Å². The Balaban J connectivity index is 1.38. The summed E-state index contributed by atoms with van der Waals surface area (Å²) in [7, 11) is -3.51. The molecular formula is C22H25Cl3N2O3S2. The SMILES string of the molecule is O=C(NCCSCc1ccc(Cl)cc1)C1CCN(S(=O)(=O)Cc2ccc(Cl)cc2Cl)CC1. The van der Waals surface area contributed by atoms with E-state index in [1.807, 2.05) is 24.3 Å². The van der Waals surface area contributed by atoms with E-state index in [4.69, 9.17) is 34.8 Å². The Bertz CT molecular complexity index is 1030. The fraction of sp³-hybridized carbons (Fsp3) is 0.409. The van der Waals surface area contributed by atoms with Gasteiger partial charge in [-0.05, 0) is 48.2 Å². The predicted molar refractivity (Wildman–Crippen MR) is 134 cm³/mol. The molecular weight excluding hydrogens is 511 g/mol. The maximum Gasteiger partial charge on any atom is 0.223 e. The fourth-order valence-corrected chi connectivity index (χ4v) is 6.58. The fourth-order valence-electron chi connectivity index (χ4n) is 3.48. The van der Waals surface area contributed by atoms with Crippen molar-refractivity contribution in [1.29, 1.82) is 0 Å². The number of hydrogen-bond donors (Lipinski definition) is 1. The van der Waals surface area contributed by atoms with Crippen LogP contribution in [0.2, 0.25) is 15.1 Å². The number of rotatable bonds is 9. The second-order valence-electron chi connectivity index (χ2n) is 7.64. The highest BCUT2D eigenvalue weighted by molar-refractivity contribution is 7.98. The van der Waals surface area contributed by atoms with Gasteiger partial charge in [0.05, 0.1) is 5.75 Å². The summed E-state index contributed by atoms with van der Waals surface area (Å²) in [5, 5.41) is 4.50. The first-order valence-electron chi connectivity index (χ1n) is 10.3. The molecule has 0 aromatic heterocycles. The van der Waals surface area contributed by atoms with Crippen LogP contribution in [-0.2, 0) is 26.3 Å². The van der Waals surface area contributed by atoms with E-state index in [1.165, 1.54) is 15.9 Å². The van der Waals surface area contributed by atoms with Crippen LogP contribution in [0.15, 0.2) is 42.5 Å². The van der Waals surface area contributed by atoms with E-state index in [1.54, 1.807) is 23.9 Å². The summed E-state index contributed by atoms with van der Waals surface area (Å²) in [6, 6.07) is 12.5. The van der Waals surface area contributed by atoms with Gasteiger partial charge in [-0.1, -0.05) is 53.0 Å². The zero-order chi connectivity index (χ0) is 23.1. The van der Waals surface area contributed by atoms with Gasteiger partial charge in [-0.25, -0.2) is 12.7 Å². The standard InChI is InChI=1S/C22H25Cl3N2O3S2/c23-19-4-1-16(2-5-19)14-31-12-9-26-22(28)17-7-10-27(11-8-17)32(29,30)15-18-3-6-20(24)13-21(18)25/h1-6,13,17H,7-12,14-15H2,(H,26,28). The number of halogens is 3. The largest absolute Gasteiger partial charge is 0.355 e. The molecule has 0 spiro atoms. The summed E-state index contributed by atoms with van der Waals surface area (Å²) >= 11 is 19.6. The minimum Gasteiger partial charge on any atom is -0.355 e. The lowest BCUT2D eigenvalue weighted by atomic mass is 9.97. The minimum atomic E-state index is -3.51. The third kappa shape index (κ3) is 7.54. The molecule has 0 radical (unpaired) electrons. The normalized spacial score (nSPS) is 15.6. The number of sulfonamides is 1. The molecule has 2 aromatic rings. The summed E-state index contributed by atoms with van der Waals surface area (Å²) in [5.41, 5.74) is 1.71. The van der Waals surface area contributed by atoms with Crippen LogP contribution in [0.1, 0.15) is 24.0 Å². The van der Waals surface area contributed by atoms with E-state index in [-0.39, 0.29) is 17.6 Å². The second kappa shape index (κ2) is 12.0. The van der Waals surface area contributed by atoms with Crippen molar-refractivity contribution in [3.63, 3.8) is 0 Å². The summed E-state index contributed by atoms with van der Waals surface area (Å²) < 4.78 is 27.0. The third-order valence-corrected chi connectivity index (χ3v) is 9.00. The van der Waals surface area contributed by atoms with Gasteiger partial charge >= 0.3 is 0 Å². The number of nitrogens with one attached hydrogen (secondary N) is 1. The lowest BCUT2D eigenvalue weighted by Gasteiger charge is -2.30. The van der Waals surface area contributed by atoms with Crippen molar-refractivity contribution < 1.29 is 13.2 Å². The molecule has 0 saturated carbocycles. The van der Waals surface area contributed by atoms with Gasteiger partial charge in [-0.3, -0.25) is 4.79 Å². The Morgan fingerprint density at radius 3 is 2.34 bits per heavy atom. The summed E-state index contributed by atoms with van der Waals surface area (Å²) in [6.45, 7) is 1.25. The van der Waals surface area contributed by atoms with Crippen molar-refractivity contribution in [1.82, 2.24) is 9.62 Å². The molecule has 5 nitrogen and oxygen atoms in total. The lowest BCUT2D eigenvalue weighted by molar-refractivity contribution is -0.125. The number of nitrogens with zero attached hydrogens (tertiary/aromatic N) is 1. The number of benzene rings is 2. The lowest BCUT2D eigenvalue weighted by Crippen LogP contribution is -2.43. The van der Waals surface area contributed by atoms with Gasteiger partial charge in [0.2, 0.25) is 15.9 Å². The van der Waals surface area contributed by atoms with Crippen LogP contribution < -0.4 is 5.32 Å². The van der Waals surface area contributed by atoms with Crippen LogP contribution in [0.3, 0.4) is 0 Å². The molecule has 0 aliphatic carbocycles. The van der Waals surface area contributed by atoms with Gasteiger partial charge in [-0.15, -0.1) is 0 Å². The van der Waals surface area contributed by atoms with Gasteiger partial charge in [0.15, 0.2) is 0 Å².